The van der Waals surface area contributed by atoms with Crippen LogP contribution in [0.5, 0.6) is 0 Å². The second-order valence-corrected chi connectivity index (χ2v) is 3.40. The summed E-state index contributed by atoms with van der Waals surface area (Å²) in [6.45, 7) is 3.39. The number of carboxylic acids is 1. The molecule has 3 N–H and O–H groups in total. The summed E-state index contributed by atoms with van der Waals surface area (Å²) >= 11 is 0. The fourth-order valence-electron chi connectivity index (χ4n) is 1.19. The van der Waals surface area contributed by atoms with E-state index in [0.29, 0.717) is 5.69 Å². The number of hydrogen-bond acceptors (Lipinski definition) is 3. The summed E-state index contributed by atoms with van der Waals surface area (Å²) in [6.07, 6.45) is 1.44. The molecule has 1 unspecified atom stereocenters. The zero-order valence-corrected chi connectivity index (χ0v) is 8.57. The molecule has 0 aliphatic rings. The van der Waals surface area contributed by atoms with E-state index in [1.807, 2.05) is 0 Å². The minimum atomic E-state index is -0.941. The number of nitrogens with zero attached hydrogens (tertiary/aromatic N) is 1. The Morgan fingerprint density at radius 1 is 1.67 bits per heavy atom. The molecule has 1 aromatic heterocycles. The number of carbonyl (C=O) groups excluding carboxylic acids is 1. The first-order valence-electron chi connectivity index (χ1n) is 4.53. The molecule has 0 aliphatic carbocycles. The first-order valence-corrected chi connectivity index (χ1v) is 4.53. The summed E-state index contributed by atoms with van der Waals surface area (Å²) < 4.78 is 0. The van der Waals surface area contributed by atoms with Crippen LogP contribution in [0.15, 0.2) is 6.20 Å². The van der Waals surface area contributed by atoms with Gasteiger partial charge in [0.15, 0.2) is 0 Å². The maximum absolute atomic E-state index is 11.5. The van der Waals surface area contributed by atoms with Gasteiger partial charge in [-0.15, -0.1) is 0 Å². The Hall–Kier alpha value is -1.85. The van der Waals surface area contributed by atoms with Gasteiger partial charge in [-0.05, 0) is 19.4 Å². The summed E-state index contributed by atoms with van der Waals surface area (Å²) in [7, 11) is 0. The Kier molecular flexibility index (Phi) is 3.43. The Morgan fingerprint density at radius 2 is 2.33 bits per heavy atom. The van der Waals surface area contributed by atoms with Crippen LogP contribution in [-0.2, 0) is 4.79 Å². The molecule has 0 bridgehead atoms. The van der Waals surface area contributed by atoms with Crippen LogP contribution in [0.25, 0.3) is 0 Å². The van der Waals surface area contributed by atoms with Crippen LogP contribution in [-0.4, -0.2) is 33.2 Å². The van der Waals surface area contributed by atoms with Crippen LogP contribution < -0.4 is 5.32 Å². The second kappa shape index (κ2) is 4.59. The van der Waals surface area contributed by atoms with E-state index < -0.39 is 12.0 Å². The van der Waals surface area contributed by atoms with E-state index in [0.717, 1.165) is 5.56 Å². The normalized spacial score (nSPS) is 12.1. The van der Waals surface area contributed by atoms with Crippen LogP contribution in [0.3, 0.4) is 0 Å². The molecule has 0 fully saturated rings. The molecule has 0 saturated heterocycles. The van der Waals surface area contributed by atoms with Gasteiger partial charge in [0.1, 0.15) is 5.69 Å². The Morgan fingerprint density at radius 3 is 2.80 bits per heavy atom. The molecule has 0 saturated carbocycles. The minimum Gasteiger partial charge on any atom is -0.481 e. The van der Waals surface area contributed by atoms with E-state index in [9.17, 15) is 9.59 Å². The van der Waals surface area contributed by atoms with Crippen molar-refractivity contribution in [2.45, 2.75) is 26.3 Å². The number of carboxylic acid groups (broad SMARTS) is 1. The van der Waals surface area contributed by atoms with Crippen LogP contribution in [0, 0.1) is 6.92 Å². The second-order valence-electron chi connectivity index (χ2n) is 3.40. The molecule has 15 heavy (non-hydrogen) atoms. The molecule has 1 atom stereocenters. The van der Waals surface area contributed by atoms with Crippen molar-refractivity contribution in [1.29, 1.82) is 0 Å². The average Bonchev–Trinajstić information content (AvgIpc) is 2.49. The summed E-state index contributed by atoms with van der Waals surface area (Å²) in [6, 6.07) is -0.405. The minimum absolute atomic E-state index is 0.0983. The first-order chi connectivity index (χ1) is 7.00. The number of carbonyl (C=O) groups is 2. The predicted molar refractivity (Wildman–Crippen MR) is 52.5 cm³/mol. The van der Waals surface area contributed by atoms with Crippen molar-refractivity contribution in [3.8, 4) is 0 Å². The SMILES string of the molecule is Cc1cn[nH]c1C(=O)NC(C)CC(=O)O. The lowest BCUT2D eigenvalue weighted by Crippen LogP contribution is -2.34. The van der Waals surface area contributed by atoms with Crippen LogP contribution in [0.2, 0.25) is 0 Å². The van der Waals surface area contributed by atoms with Gasteiger partial charge < -0.3 is 10.4 Å². The number of aliphatic carboxylic acids is 1. The fraction of sp³-hybridized carbons (Fsp3) is 0.444. The Balaban J connectivity index is 2.56. The quantitative estimate of drug-likeness (QED) is 0.668. The molecular formula is C9H13N3O3. The van der Waals surface area contributed by atoms with Crippen molar-refractivity contribution in [2.24, 2.45) is 0 Å². The van der Waals surface area contributed by atoms with Crippen LogP contribution in [0.1, 0.15) is 29.4 Å². The zero-order valence-electron chi connectivity index (χ0n) is 8.57. The number of H-pyrrole nitrogens is 1. The van der Waals surface area contributed by atoms with Crippen molar-refractivity contribution in [3.05, 3.63) is 17.5 Å². The lowest BCUT2D eigenvalue weighted by atomic mass is 10.2. The molecule has 6 heteroatoms. The van der Waals surface area contributed by atoms with Gasteiger partial charge in [-0.1, -0.05) is 0 Å². The number of hydrogen-bond donors (Lipinski definition) is 3. The van der Waals surface area contributed by atoms with E-state index in [4.69, 9.17) is 5.11 Å². The molecule has 0 aliphatic heterocycles. The van der Waals surface area contributed by atoms with E-state index in [-0.39, 0.29) is 12.3 Å². The third-order valence-electron chi connectivity index (χ3n) is 1.91. The average molecular weight is 211 g/mol. The van der Waals surface area contributed by atoms with Gasteiger partial charge in [-0.3, -0.25) is 14.7 Å². The smallest absolute Gasteiger partial charge is 0.305 e. The van der Waals surface area contributed by atoms with E-state index >= 15 is 0 Å². The number of aromatic nitrogens is 2. The molecule has 0 radical (unpaired) electrons. The van der Waals surface area contributed by atoms with Gasteiger partial charge in [0.2, 0.25) is 0 Å². The highest BCUT2D eigenvalue weighted by molar-refractivity contribution is 5.93. The molecule has 1 amide bonds. The number of aryl methyl sites for hydroxylation is 1. The lowest BCUT2D eigenvalue weighted by molar-refractivity contribution is -0.137. The summed E-state index contributed by atoms with van der Waals surface area (Å²) in [5.41, 5.74) is 1.10. The van der Waals surface area contributed by atoms with E-state index in [1.165, 1.54) is 6.20 Å². The zero-order chi connectivity index (χ0) is 11.4. The highest BCUT2D eigenvalue weighted by atomic mass is 16.4. The van der Waals surface area contributed by atoms with Gasteiger partial charge >= 0.3 is 5.97 Å². The standard InChI is InChI=1S/C9H13N3O3/c1-5-4-10-12-8(5)9(15)11-6(2)3-7(13)14/h4,6H,3H2,1-2H3,(H,10,12)(H,11,15)(H,13,14). The summed E-state index contributed by atoms with van der Waals surface area (Å²) in [5, 5.41) is 17.3. The van der Waals surface area contributed by atoms with Gasteiger partial charge in [-0.25, -0.2) is 0 Å². The molecule has 1 aromatic rings. The number of amides is 1. The van der Waals surface area contributed by atoms with Gasteiger partial charge in [0.05, 0.1) is 12.6 Å². The van der Waals surface area contributed by atoms with Crippen molar-refractivity contribution in [3.63, 3.8) is 0 Å². The van der Waals surface area contributed by atoms with Crippen molar-refractivity contribution >= 4 is 11.9 Å². The van der Waals surface area contributed by atoms with Crippen molar-refractivity contribution in [2.75, 3.05) is 0 Å². The molecule has 0 aromatic carbocycles. The Labute approximate surface area is 86.7 Å². The maximum Gasteiger partial charge on any atom is 0.305 e. The van der Waals surface area contributed by atoms with Gasteiger partial charge in [-0.2, -0.15) is 5.10 Å². The summed E-state index contributed by atoms with van der Waals surface area (Å²) in [5.74, 6) is -1.28. The van der Waals surface area contributed by atoms with Gasteiger partial charge in [0, 0.05) is 6.04 Å². The van der Waals surface area contributed by atoms with Crippen molar-refractivity contribution in [1.82, 2.24) is 15.5 Å². The van der Waals surface area contributed by atoms with Crippen LogP contribution in [0.4, 0.5) is 0 Å². The van der Waals surface area contributed by atoms with E-state index in [1.54, 1.807) is 13.8 Å². The third kappa shape index (κ3) is 3.08. The molecule has 0 spiro atoms. The monoisotopic (exact) mass is 211 g/mol. The molecule has 6 nitrogen and oxygen atoms in total. The molecule has 1 rings (SSSR count). The lowest BCUT2D eigenvalue weighted by Gasteiger charge is -2.10. The largest absolute Gasteiger partial charge is 0.481 e. The highest BCUT2D eigenvalue weighted by Gasteiger charge is 2.15. The predicted octanol–water partition coefficient (Wildman–Crippen LogP) is 0.311. The first kappa shape index (κ1) is 11.2. The van der Waals surface area contributed by atoms with Gasteiger partial charge in [0.25, 0.3) is 5.91 Å². The van der Waals surface area contributed by atoms with Crippen molar-refractivity contribution < 1.29 is 14.7 Å². The number of nitrogens with one attached hydrogen (secondary N) is 2. The van der Waals surface area contributed by atoms with Crippen LogP contribution >= 0.6 is 0 Å². The topological polar surface area (TPSA) is 95.1 Å². The number of rotatable bonds is 4. The highest BCUT2D eigenvalue weighted by Crippen LogP contribution is 2.02. The van der Waals surface area contributed by atoms with E-state index in [2.05, 4.69) is 15.5 Å². The molecular weight excluding hydrogens is 198 g/mol. The maximum atomic E-state index is 11.5. The molecule has 82 valence electrons. The molecule has 1 heterocycles. The fourth-order valence-corrected chi connectivity index (χ4v) is 1.19. The Bertz CT molecular complexity index is 372. The number of aromatic amines is 1. The third-order valence-corrected chi connectivity index (χ3v) is 1.91. The summed E-state index contributed by atoms with van der Waals surface area (Å²) in [4.78, 5) is 21.9.